The van der Waals surface area contributed by atoms with Crippen LogP contribution in [0.25, 0.3) is 32.9 Å². The summed E-state index contributed by atoms with van der Waals surface area (Å²) in [6.07, 6.45) is 6.57. The summed E-state index contributed by atoms with van der Waals surface area (Å²) in [5, 5.41) is 30.4. The predicted octanol–water partition coefficient (Wildman–Crippen LogP) is 14.1. The van der Waals surface area contributed by atoms with E-state index in [0.717, 1.165) is 66.6 Å². The number of nitrogens with zero attached hydrogens (tertiary/aromatic N) is 6. The van der Waals surface area contributed by atoms with Crippen LogP contribution in [0.3, 0.4) is 0 Å². The van der Waals surface area contributed by atoms with Crippen molar-refractivity contribution in [2.24, 2.45) is 0 Å². The highest BCUT2D eigenvalue weighted by atomic mass is 32.2. The van der Waals surface area contributed by atoms with E-state index in [2.05, 4.69) is 83.4 Å². The Kier molecular flexibility index (Phi) is 20.2. The molecule has 4 aromatic heterocycles. The van der Waals surface area contributed by atoms with Crippen LogP contribution in [-0.4, -0.2) is 81.6 Å². The van der Waals surface area contributed by atoms with Crippen molar-refractivity contribution in [1.29, 1.82) is 0 Å². The molecule has 458 valence electrons. The molecule has 21 heteroatoms. The molecule has 10 rings (SSSR count). The summed E-state index contributed by atoms with van der Waals surface area (Å²) in [4.78, 5) is 59.0. The van der Waals surface area contributed by atoms with E-state index in [1.165, 1.54) is 18.0 Å². The number of hydrogen-bond donors (Lipinski definition) is 6. The van der Waals surface area contributed by atoms with Crippen molar-refractivity contribution in [3.63, 3.8) is 0 Å². The standard InChI is InChI=1S/C34H36N6O4S.C34H36N6O3S/c1-22-10-12-24(13-11-22)40-31(19-29(39-40)34(2,3)4)38-33(42)36-27-14-15-28(26-9-7-6-8-25(26)27)44-20-23-16-17-35-30(18-23)37-32(41)21-45(5)43;1-22-10-12-24(13-11-22)40-31(19-29(39-40)34(2,3)4)38-33(42)36-27-14-15-28(26-9-7-6-8-25(26)27)43-20-23-16-17-35-30(18-23)37-32(41)21-44-5/h6-19H,20-21H2,1-5H3,(H,35,37,41)(H2,36,38,42);6-19H,20-21H2,1-5H3,(H,35,37,41)(H2,36,38,42). The van der Waals surface area contributed by atoms with Gasteiger partial charge >= 0.3 is 12.1 Å². The van der Waals surface area contributed by atoms with Crippen molar-refractivity contribution in [3.05, 3.63) is 204 Å². The van der Waals surface area contributed by atoms with Crippen LogP contribution < -0.4 is 41.4 Å². The number of carbonyl (C=O) groups excluding carboxylic acids is 4. The van der Waals surface area contributed by atoms with Gasteiger partial charge in [0.05, 0.1) is 39.9 Å². The fourth-order valence-corrected chi connectivity index (χ4v) is 10.0. The first-order valence-corrected chi connectivity index (χ1v) is 31.8. The van der Waals surface area contributed by atoms with Crippen molar-refractivity contribution in [2.45, 2.75) is 79.4 Å². The SMILES string of the molecule is CSCC(=O)Nc1cc(COc2ccc(NC(=O)Nc3cc(C(C)(C)C)nn3-c3ccc(C)cc3)c3ccccc23)ccn1.Cc1ccc(-n2nc(C(C)(C)C)cc2NC(=O)Nc2ccc(OCc3ccnc(NC(=O)CS(C)=O)c3)c3ccccc23)cc1. The highest BCUT2D eigenvalue weighted by Crippen LogP contribution is 2.35. The summed E-state index contributed by atoms with van der Waals surface area (Å²) in [6.45, 7) is 17.1. The van der Waals surface area contributed by atoms with E-state index in [-0.39, 0.29) is 47.6 Å². The molecule has 89 heavy (non-hydrogen) atoms. The van der Waals surface area contributed by atoms with Gasteiger partial charge in [0.25, 0.3) is 0 Å². The predicted molar refractivity (Wildman–Crippen MR) is 359 cm³/mol. The minimum absolute atomic E-state index is 0.0961. The van der Waals surface area contributed by atoms with Gasteiger partial charge in [-0.1, -0.05) is 125 Å². The molecule has 0 radical (unpaired) electrons. The fraction of sp³-hybridized carbons (Fsp3) is 0.235. The second-order valence-corrected chi connectivity index (χ2v) is 25.5. The van der Waals surface area contributed by atoms with E-state index in [9.17, 15) is 23.4 Å². The van der Waals surface area contributed by atoms with E-state index >= 15 is 0 Å². The van der Waals surface area contributed by atoms with Crippen molar-refractivity contribution >= 4 is 103 Å². The molecular weight excluding hydrogens is 1160 g/mol. The molecule has 1 atom stereocenters. The zero-order chi connectivity index (χ0) is 63.4. The fourth-order valence-electron chi connectivity index (χ4n) is 9.25. The number of pyridine rings is 2. The summed E-state index contributed by atoms with van der Waals surface area (Å²) in [7, 11) is -1.24. The highest BCUT2D eigenvalue weighted by molar-refractivity contribution is 7.99. The zero-order valence-electron chi connectivity index (χ0n) is 51.4. The lowest BCUT2D eigenvalue weighted by Crippen LogP contribution is -2.21. The number of benzene rings is 6. The number of hydrogen-bond acceptors (Lipinski definition) is 12. The minimum atomic E-state index is -1.24. The summed E-state index contributed by atoms with van der Waals surface area (Å²) in [5.41, 5.74) is 8.21. The molecule has 0 bridgehead atoms. The van der Waals surface area contributed by atoms with Crippen LogP contribution >= 0.6 is 11.8 Å². The molecule has 10 aromatic rings. The smallest absolute Gasteiger partial charge is 0.324 e. The number of carbonyl (C=O) groups is 4. The number of aromatic nitrogens is 6. The number of anilines is 6. The number of nitrogens with one attached hydrogen (secondary N) is 6. The van der Waals surface area contributed by atoms with Gasteiger partial charge in [-0.25, -0.2) is 28.9 Å². The molecule has 0 aliphatic carbocycles. The molecular formula is C68H72N12O7S2. The van der Waals surface area contributed by atoms with Crippen molar-refractivity contribution in [1.82, 2.24) is 29.5 Å². The van der Waals surface area contributed by atoms with Crippen molar-refractivity contribution < 1.29 is 32.9 Å². The zero-order valence-corrected chi connectivity index (χ0v) is 53.0. The molecule has 0 aliphatic rings. The van der Waals surface area contributed by atoms with Gasteiger partial charge in [0.1, 0.15) is 53.7 Å². The van der Waals surface area contributed by atoms with Gasteiger partial charge in [0.15, 0.2) is 0 Å². The van der Waals surface area contributed by atoms with Gasteiger partial charge in [-0.15, -0.1) is 0 Å². The van der Waals surface area contributed by atoms with Gasteiger partial charge in [-0.05, 0) is 104 Å². The lowest BCUT2D eigenvalue weighted by molar-refractivity contribution is -0.114. The lowest BCUT2D eigenvalue weighted by Gasteiger charge is -2.15. The maximum absolute atomic E-state index is 13.3. The number of fused-ring (bicyclic) bond motifs is 2. The topological polar surface area (TPSA) is 237 Å². The van der Waals surface area contributed by atoms with Gasteiger partial charge in [-0.2, -0.15) is 22.0 Å². The van der Waals surface area contributed by atoms with E-state index in [4.69, 9.17) is 19.7 Å². The van der Waals surface area contributed by atoms with Crippen molar-refractivity contribution in [2.75, 3.05) is 55.9 Å². The Bertz CT molecular complexity index is 4210. The third-order valence-corrected chi connectivity index (χ3v) is 15.1. The number of ether oxygens (including phenoxy) is 2. The van der Waals surface area contributed by atoms with Crippen LogP contribution in [0.5, 0.6) is 11.5 Å². The Morgan fingerprint density at radius 2 is 0.910 bits per heavy atom. The van der Waals surface area contributed by atoms with Gasteiger partial charge in [0.2, 0.25) is 11.8 Å². The van der Waals surface area contributed by atoms with Crippen LogP contribution in [0.1, 0.15) is 75.2 Å². The highest BCUT2D eigenvalue weighted by Gasteiger charge is 2.24. The summed E-state index contributed by atoms with van der Waals surface area (Å²) in [5.74, 6) is 3.07. The minimum Gasteiger partial charge on any atom is -0.488 e. The summed E-state index contributed by atoms with van der Waals surface area (Å²) >= 11 is 1.45. The number of urea groups is 2. The first-order valence-electron chi connectivity index (χ1n) is 28.7. The Morgan fingerprint density at radius 1 is 0.506 bits per heavy atom. The molecule has 0 saturated carbocycles. The first-order chi connectivity index (χ1) is 42.6. The Balaban J connectivity index is 0.000000211. The Morgan fingerprint density at radius 3 is 1.30 bits per heavy atom. The molecule has 0 spiro atoms. The summed E-state index contributed by atoms with van der Waals surface area (Å²) in [6, 6.07) is 48.8. The van der Waals surface area contributed by atoms with Gasteiger partial charge < -0.3 is 30.7 Å². The Hall–Kier alpha value is -9.86. The average Bonchev–Trinajstić information content (AvgIpc) is 2.69. The quantitative estimate of drug-likeness (QED) is 0.0470. The van der Waals surface area contributed by atoms with Gasteiger partial charge in [-0.3, -0.25) is 24.4 Å². The molecule has 6 amide bonds. The molecule has 0 saturated heterocycles. The maximum Gasteiger partial charge on any atom is 0.324 e. The Labute approximate surface area is 524 Å². The average molecular weight is 1230 g/mol. The molecule has 1 unspecified atom stereocenters. The molecule has 6 aromatic carbocycles. The molecule has 0 aliphatic heterocycles. The summed E-state index contributed by atoms with van der Waals surface area (Å²) < 4.78 is 27.2. The van der Waals surface area contributed by atoms with Crippen LogP contribution in [0.2, 0.25) is 0 Å². The monoisotopic (exact) mass is 1230 g/mol. The first kappa shape index (κ1) is 63.6. The second-order valence-electron chi connectivity index (χ2n) is 23.2. The molecule has 4 heterocycles. The van der Waals surface area contributed by atoms with Crippen LogP contribution in [-0.2, 0) is 44.4 Å². The van der Waals surface area contributed by atoms with Crippen LogP contribution in [0.15, 0.2) is 170 Å². The normalized spacial score (nSPS) is 11.7. The number of aryl methyl sites for hydroxylation is 2. The van der Waals surface area contributed by atoms with Gasteiger partial charge in [0, 0.05) is 74.0 Å². The second kappa shape index (κ2) is 28.3. The molecule has 6 N–H and O–H groups in total. The largest absolute Gasteiger partial charge is 0.488 e. The van der Waals surface area contributed by atoms with E-state index in [0.29, 0.717) is 51.9 Å². The number of amides is 6. The molecule has 19 nitrogen and oxygen atoms in total. The van der Waals surface area contributed by atoms with Crippen molar-refractivity contribution in [3.8, 4) is 22.9 Å². The van der Waals surface area contributed by atoms with E-state index in [1.54, 1.807) is 46.0 Å². The van der Waals surface area contributed by atoms with Crippen LogP contribution in [0.4, 0.5) is 44.2 Å². The third-order valence-electron chi connectivity index (χ3n) is 13.8. The van der Waals surface area contributed by atoms with Crippen LogP contribution in [0, 0.1) is 13.8 Å². The lowest BCUT2D eigenvalue weighted by atomic mass is 9.92. The number of rotatable bonds is 18. The maximum atomic E-state index is 13.3. The van der Waals surface area contributed by atoms with E-state index < -0.39 is 16.8 Å². The third kappa shape index (κ3) is 17.0. The van der Waals surface area contributed by atoms with E-state index in [1.807, 2.05) is 154 Å². The molecule has 0 fully saturated rings. The number of thioether (sulfide) groups is 1.